The molecule has 0 unspecified atom stereocenters. The minimum absolute atomic E-state index is 0.222. The van der Waals surface area contributed by atoms with E-state index >= 15 is 0 Å². The number of nitriles is 1. The first-order valence-electron chi connectivity index (χ1n) is 8.26. The van der Waals surface area contributed by atoms with Crippen LogP contribution < -0.4 is 4.74 Å². The number of ether oxygens (including phenoxy) is 2. The number of benzene rings is 2. The zero-order valence-corrected chi connectivity index (χ0v) is 14.4. The molecule has 2 aromatic carbocycles. The molecule has 5 heteroatoms. The lowest BCUT2D eigenvalue weighted by molar-refractivity contribution is -0.144. The Bertz CT molecular complexity index is 693. The molecule has 0 amide bonds. The second-order valence-corrected chi connectivity index (χ2v) is 5.49. The fourth-order valence-electron chi connectivity index (χ4n) is 2.36. The van der Waals surface area contributed by atoms with Crippen LogP contribution in [0.2, 0.25) is 0 Å². The van der Waals surface area contributed by atoms with Gasteiger partial charge in [0.15, 0.2) is 0 Å². The molecule has 0 saturated carbocycles. The minimum atomic E-state index is -0.239. The third-order valence-electron chi connectivity index (χ3n) is 3.57. The van der Waals surface area contributed by atoms with E-state index in [0.717, 1.165) is 5.56 Å². The topological polar surface area (TPSA) is 62.6 Å². The van der Waals surface area contributed by atoms with Gasteiger partial charge in [0.25, 0.3) is 0 Å². The third kappa shape index (κ3) is 6.66. The third-order valence-corrected chi connectivity index (χ3v) is 3.57. The second kappa shape index (κ2) is 10.1. The van der Waals surface area contributed by atoms with Gasteiger partial charge in [-0.3, -0.25) is 9.69 Å². The molecule has 0 fully saturated rings. The van der Waals surface area contributed by atoms with Gasteiger partial charge in [-0.1, -0.05) is 30.3 Å². The average Bonchev–Trinajstić information content (AvgIpc) is 2.63. The van der Waals surface area contributed by atoms with Crippen LogP contribution >= 0.6 is 0 Å². The molecule has 0 N–H and O–H groups in total. The Kier molecular flexibility index (Phi) is 7.48. The van der Waals surface area contributed by atoms with E-state index in [1.54, 1.807) is 31.2 Å². The maximum Gasteiger partial charge on any atom is 0.320 e. The second-order valence-electron chi connectivity index (χ2n) is 5.49. The molecule has 25 heavy (non-hydrogen) atoms. The van der Waals surface area contributed by atoms with Crippen molar-refractivity contribution in [1.82, 2.24) is 4.90 Å². The van der Waals surface area contributed by atoms with Gasteiger partial charge in [0.2, 0.25) is 0 Å². The standard InChI is InChI=1S/C20H22N2O3/c1-2-24-20(23)16-22(15-18-6-4-3-5-7-18)12-13-25-19-10-8-17(14-21)9-11-19/h3-11H,2,12-13,15-16H2,1H3. The lowest BCUT2D eigenvalue weighted by atomic mass is 10.2. The lowest BCUT2D eigenvalue weighted by Crippen LogP contribution is -2.34. The smallest absolute Gasteiger partial charge is 0.320 e. The van der Waals surface area contributed by atoms with Gasteiger partial charge < -0.3 is 9.47 Å². The first-order valence-corrected chi connectivity index (χ1v) is 8.26. The number of rotatable bonds is 9. The summed E-state index contributed by atoms with van der Waals surface area (Å²) in [6.45, 7) is 4.08. The number of esters is 1. The van der Waals surface area contributed by atoms with Crippen molar-refractivity contribution in [1.29, 1.82) is 5.26 Å². The Morgan fingerprint density at radius 1 is 1.12 bits per heavy atom. The van der Waals surface area contributed by atoms with Gasteiger partial charge in [-0.15, -0.1) is 0 Å². The first-order chi connectivity index (χ1) is 12.2. The number of carbonyl (C=O) groups is 1. The molecule has 5 nitrogen and oxygen atoms in total. The monoisotopic (exact) mass is 338 g/mol. The van der Waals surface area contributed by atoms with Crippen molar-refractivity contribution in [3.63, 3.8) is 0 Å². The van der Waals surface area contributed by atoms with Gasteiger partial charge in [-0.05, 0) is 36.8 Å². The van der Waals surface area contributed by atoms with E-state index in [1.165, 1.54) is 0 Å². The minimum Gasteiger partial charge on any atom is -0.492 e. The molecule has 2 aromatic rings. The lowest BCUT2D eigenvalue weighted by Gasteiger charge is -2.21. The average molecular weight is 338 g/mol. The first kappa shape index (κ1) is 18.5. The summed E-state index contributed by atoms with van der Waals surface area (Å²) in [5.41, 5.74) is 1.73. The molecule has 0 aromatic heterocycles. The predicted octanol–water partition coefficient (Wildman–Crippen LogP) is 3.00. The summed E-state index contributed by atoms with van der Waals surface area (Å²) in [7, 11) is 0. The highest BCUT2D eigenvalue weighted by Crippen LogP contribution is 2.12. The quantitative estimate of drug-likeness (QED) is 0.658. The zero-order chi connectivity index (χ0) is 17.9. The molecule has 0 spiro atoms. The molecule has 130 valence electrons. The van der Waals surface area contributed by atoms with Crippen molar-refractivity contribution in [2.45, 2.75) is 13.5 Å². The van der Waals surface area contributed by atoms with Crippen LogP contribution in [0.25, 0.3) is 0 Å². The SMILES string of the molecule is CCOC(=O)CN(CCOc1ccc(C#N)cc1)Cc1ccccc1. The predicted molar refractivity (Wildman–Crippen MR) is 95.0 cm³/mol. The van der Waals surface area contributed by atoms with Gasteiger partial charge in [0.1, 0.15) is 12.4 Å². The summed E-state index contributed by atoms with van der Waals surface area (Å²) in [6.07, 6.45) is 0. The van der Waals surface area contributed by atoms with Crippen LogP contribution in [-0.4, -0.2) is 37.2 Å². The van der Waals surface area contributed by atoms with E-state index in [2.05, 4.69) is 6.07 Å². The van der Waals surface area contributed by atoms with Gasteiger partial charge in [0.05, 0.1) is 24.8 Å². The number of hydrogen-bond donors (Lipinski definition) is 0. The highest BCUT2D eigenvalue weighted by atomic mass is 16.5. The molecule has 0 aliphatic carbocycles. The molecule has 0 saturated heterocycles. The molecule has 0 aliphatic heterocycles. The Morgan fingerprint density at radius 3 is 2.48 bits per heavy atom. The van der Waals surface area contributed by atoms with Crippen molar-refractivity contribution in [2.24, 2.45) is 0 Å². The fraction of sp³-hybridized carbons (Fsp3) is 0.300. The molecular formula is C20H22N2O3. The highest BCUT2D eigenvalue weighted by Gasteiger charge is 2.12. The van der Waals surface area contributed by atoms with Crippen molar-refractivity contribution in [3.8, 4) is 11.8 Å². The van der Waals surface area contributed by atoms with Crippen molar-refractivity contribution >= 4 is 5.97 Å². The Morgan fingerprint density at radius 2 is 1.84 bits per heavy atom. The van der Waals surface area contributed by atoms with Crippen molar-refractivity contribution in [3.05, 3.63) is 65.7 Å². The number of hydrogen-bond acceptors (Lipinski definition) is 5. The Balaban J connectivity index is 1.90. The summed E-state index contributed by atoms with van der Waals surface area (Å²) >= 11 is 0. The zero-order valence-electron chi connectivity index (χ0n) is 14.4. The van der Waals surface area contributed by atoms with Crippen LogP contribution in [0.3, 0.4) is 0 Å². The molecular weight excluding hydrogens is 316 g/mol. The summed E-state index contributed by atoms with van der Waals surface area (Å²) in [5.74, 6) is 0.464. The van der Waals surface area contributed by atoms with Crippen molar-refractivity contribution in [2.75, 3.05) is 26.3 Å². The van der Waals surface area contributed by atoms with Crippen LogP contribution in [0.5, 0.6) is 5.75 Å². The van der Waals surface area contributed by atoms with E-state index in [1.807, 2.05) is 35.2 Å². The van der Waals surface area contributed by atoms with Gasteiger partial charge in [-0.2, -0.15) is 5.26 Å². The van der Waals surface area contributed by atoms with E-state index in [-0.39, 0.29) is 12.5 Å². The number of carbonyl (C=O) groups excluding carboxylic acids is 1. The highest BCUT2D eigenvalue weighted by molar-refractivity contribution is 5.71. The van der Waals surface area contributed by atoms with Crippen LogP contribution in [0.4, 0.5) is 0 Å². The maximum atomic E-state index is 11.8. The normalized spacial score (nSPS) is 10.3. The van der Waals surface area contributed by atoms with Crippen molar-refractivity contribution < 1.29 is 14.3 Å². The molecule has 0 aliphatic rings. The van der Waals surface area contributed by atoms with Crippen LogP contribution in [0.15, 0.2) is 54.6 Å². The maximum absolute atomic E-state index is 11.8. The molecule has 2 rings (SSSR count). The van der Waals surface area contributed by atoms with E-state index in [9.17, 15) is 4.79 Å². The van der Waals surface area contributed by atoms with Crippen LogP contribution in [0.1, 0.15) is 18.1 Å². The summed E-state index contributed by atoms with van der Waals surface area (Å²) in [5, 5.41) is 8.80. The van der Waals surface area contributed by atoms with Gasteiger partial charge in [-0.25, -0.2) is 0 Å². The molecule has 0 heterocycles. The molecule has 0 bridgehead atoms. The number of nitrogens with zero attached hydrogens (tertiary/aromatic N) is 2. The summed E-state index contributed by atoms with van der Waals surface area (Å²) in [6, 6.07) is 19.0. The summed E-state index contributed by atoms with van der Waals surface area (Å²) < 4.78 is 10.8. The van der Waals surface area contributed by atoms with Gasteiger partial charge >= 0.3 is 5.97 Å². The largest absolute Gasteiger partial charge is 0.492 e. The van der Waals surface area contributed by atoms with E-state index in [0.29, 0.717) is 37.6 Å². The summed E-state index contributed by atoms with van der Waals surface area (Å²) in [4.78, 5) is 13.8. The Labute approximate surface area is 148 Å². The van der Waals surface area contributed by atoms with Gasteiger partial charge in [0, 0.05) is 13.1 Å². The molecule has 0 radical (unpaired) electrons. The fourth-order valence-corrected chi connectivity index (χ4v) is 2.36. The van der Waals surface area contributed by atoms with Crippen LogP contribution in [-0.2, 0) is 16.1 Å². The Hall–Kier alpha value is -2.84. The van der Waals surface area contributed by atoms with E-state index in [4.69, 9.17) is 14.7 Å². The van der Waals surface area contributed by atoms with Crippen LogP contribution in [0, 0.1) is 11.3 Å². The van der Waals surface area contributed by atoms with E-state index < -0.39 is 0 Å². The molecule has 0 atom stereocenters.